The zero-order chi connectivity index (χ0) is 21.2. The number of ether oxygens (including phenoxy) is 2. The Balaban J connectivity index is 1.55. The Morgan fingerprint density at radius 1 is 0.935 bits per heavy atom. The Morgan fingerprint density at radius 3 is 2.74 bits per heavy atom. The van der Waals surface area contributed by atoms with E-state index in [-0.39, 0.29) is 23.3 Å². The molecule has 1 amide bonds. The maximum atomic E-state index is 12.5. The van der Waals surface area contributed by atoms with Crippen molar-refractivity contribution >= 4 is 5.91 Å². The summed E-state index contributed by atoms with van der Waals surface area (Å²) < 4.78 is 12.0. The van der Waals surface area contributed by atoms with Crippen LogP contribution in [0, 0.1) is 0 Å². The molecule has 0 unspecified atom stereocenters. The van der Waals surface area contributed by atoms with Crippen LogP contribution in [0.4, 0.5) is 0 Å². The lowest BCUT2D eigenvalue weighted by atomic mass is 9.89. The highest BCUT2D eigenvalue weighted by molar-refractivity contribution is 5.97. The van der Waals surface area contributed by atoms with Crippen LogP contribution in [0.5, 0.6) is 23.0 Å². The summed E-state index contributed by atoms with van der Waals surface area (Å²) in [5.41, 5.74) is 3.80. The summed E-state index contributed by atoms with van der Waals surface area (Å²) in [7, 11) is 0. The van der Waals surface area contributed by atoms with Gasteiger partial charge in [0.15, 0.2) is 0 Å². The van der Waals surface area contributed by atoms with Gasteiger partial charge < -0.3 is 25.2 Å². The average Bonchev–Trinajstić information content (AvgIpc) is 2.79. The Labute approximate surface area is 180 Å². The number of aromatic hydroxyl groups is 1. The number of hydrogen-bond acceptors (Lipinski definition) is 5. The van der Waals surface area contributed by atoms with Gasteiger partial charge in [-0.25, -0.2) is 0 Å². The third-order valence-electron chi connectivity index (χ3n) is 5.68. The largest absolute Gasteiger partial charge is 0.507 e. The summed E-state index contributed by atoms with van der Waals surface area (Å²) in [5.74, 6) is 1.60. The molecule has 31 heavy (non-hydrogen) atoms. The molecule has 0 spiro atoms. The van der Waals surface area contributed by atoms with Gasteiger partial charge in [0.25, 0.3) is 5.91 Å². The van der Waals surface area contributed by atoms with Crippen molar-refractivity contribution in [1.29, 1.82) is 0 Å². The van der Waals surface area contributed by atoms with Crippen LogP contribution in [0.25, 0.3) is 0 Å². The van der Waals surface area contributed by atoms with E-state index in [1.54, 1.807) is 12.1 Å². The molecule has 0 fully saturated rings. The van der Waals surface area contributed by atoms with Gasteiger partial charge in [-0.3, -0.25) is 4.79 Å². The molecule has 3 aliphatic rings. The highest BCUT2D eigenvalue weighted by Gasteiger charge is 2.22. The number of phenols is 1. The topological polar surface area (TPSA) is 79.8 Å². The number of amides is 1. The van der Waals surface area contributed by atoms with Gasteiger partial charge in [-0.05, 0) is 72.0 Å². The van der Waals surface area contributed by atoms with Gasteiger partial charge in [0.1, 0.15) is 23.0 Å². The lowest BCUT2D eigenvalue weighted by Crippen LogP contribution is -2.30. The summed E-state index contributed by atoms with van der Waals surface area (Å²) in [4.78, 5) is 12.5. The number of phenolic OH excluding ortho intramolecular Hbond substituents is 1. The van der Waals surface area contributed by atoms with E-state index >= 15 is 0 Å². The first-order chi connectivity index (χ1) is 15.2. The second-order valence-electron chi connectivity index (χ2n) is 7.81. The van der Waals surface area contributed by atoms with Gasteiger partial charge in [-0.15, -0.1) is 0 Å². The number of fused-ring (bicyclic) bond motifs is 6. The van der Waals surface area contributed by atoms with Crippen molar-refractivity contribution in [3.8, 4) is 23.0 Å². The zero-order valence-corrected chi connectivity index (χ0v) is 17.1. The second kappa shape index (κ2) is 8.32. The number of rotatable bonds is 0. The van der Waals surface area contributed by atoms with Gasteiger partial charge >= 0.3 is 0 Å². The molecule has 3 aromatic carbocycles. The number of benzene rings is 3. The van der Waals surface area contributed by atoms with Gasteiger partial charge in [0.2, 0.25) is 0 Å². The van der Waals surface area contributed by atoms with E-state index in [0.717, 1.165) is 24.3 Å². The predicted molar refractivity (Wildman–Crippen MR) is 117 cm³/mol. The fourth-order valence-corrected chi connectivity index (χ4v) is 4.14. The Kier molecular flexibility index (Phi) is 5.22. The van der Waals surface area contributed by atoms with Crippen molar-refractivity contribution in [3.05, 3.63) is 82.9 Å². The van der Waals surface area contributed by atoms with Gasteiger partial charge in [0.05, 0.1) is 18.2 Å². The molecule has 3 aliphatic heterocycles. The van der Waals surface area contributed by atoms with Crippen molar-refractivity contribution < 1.29 is 19.4 Å². The van der Waals surface area contributed by atoms with Gasteiger partial charge in [-0.2, -0.15) is 0 Å². The van der Waals surface area contributed by atoms with Gasteiger partial charge in [0, 0.05) is 13.1 Å². The molecule has 6 nitrogen and oxygen atoms in total. The maximum absolute atomic E-state index is 12.5. The molecule has 6 heteroatoms. The maximum Gasteiger partial charge on any atom is 0.255 e. The highest BCUT2D eigenvalue weighted by Crippen LogP contribution is 2.34. The minimum absolute atomic E-state index is 0.0772. The van der Waals surface area contributed by atoms with Crippen molar-refractivity contribution in [2.45, 2.75) is 18.9 Å². The lowest BCUT2D eigenvalue weighted by Gasteiger charge is -2.28. The fourth-order valence-electron chi connectivity index (χ4n) is 4.14. The Bertz CT molecular complexity index is 1130. The molecular formula is C25H24N2O4. The van der Waals surface area contributed by atoms with Crippen LogP contribution in [0.3, 0.4) is 0 Å². The SMILES string of the molecule is O=C1NCCCOc2cccc(c2)[C@@H]2NCCc3cc(ccc32)Oc2ccc(O)c1c2. The first kappa shape index (κ1) is 19.5. The smallest absolute Gasteiger partial charge is 0.255 e. The van der Waals surface area contributed by atoms with E-state index in [1.807, 2.05) is 18.2 Å². The van der Waals surface area contributed by atoms with Crippen LogP contribution in [0.1, 0.15) is 39.5 Å². The van der Waals surface area contributed by atoms with Crippen LogP contribution < -0.4 is 20.1 Å². The predicted octanol–water partition coefficient (Wildman–Crippen LogP) is 3.93. The molecule has 8 bridgehead atoms. The Hall–Kier alpha value is -3.51. The first-order valence-electron chi connectivity index (χ1n) is 10.6. The molecule has 158 valence electrons. The van der Waals surface area contributed by atoms with Crippen molar-refractivity contribution in [2.24, 2.45) is 0 Å². The van der Waals surface area contributed by atoms with Crippen LogP contribution in [0.15, 0.2) is 60.7 Å². The van der Waals surface area contributed by atoms with Crippen LogP contribution >= 0.6 is 0 Å². The van der Waals surface area contributed by atoms with E-state index in [0.29, 0.717) is 31.1 Å². The zero-order valence-electron chi connectivity index (χ0n) is 17.1. The van der Waals surface area contributed by atoms with E-state index in [1.165, 1.54) is 17.2 Å². The monoisotopic (exact) mass is 416 g/mol. The molecular weight excluding hydrogens is 392 g/mol. The highest BCUT2D eigenvalue weighted by atomic mass is 16.5. The summed E-state index contributed by atoms with van der Waals surface area (Å²) in [6.45, 7) is 1.80. The van der Waals surface area contributed by atoms with E-state index in [4.69, 9.17) is 9.47 Å². The number of nitrogens with one attached hydrogen (secondary N) is 2. The molecule has 3 N–H and O–H groups in total. The molecule has 6 rings (SSSR count). The summed E-state index contributed by atoms with van der Waals surface area (Å²) in [6.07, 6.45) is 1.56. The third kappa shape index (κ3) is 4.07. The van der Waals surface area contributed by atoms with Crippen molar-refractivity contribution in [2.75, 3.05) is 19.7 Å². The van der Waals surface area contributed by atoms with Crippen LogP contribution in [-0.2, 0) is 6.42 Å². The van der Waals surface area contributed by atoms with Gasteiger partial charge in [-0.1, -0.05) is 18.2 Å². The molecule has 0 aliphatic carbocycles. The summed E-state index contributed by atoms with van der Waals surface area (Å²) >= 11 is 0. The standard InChI is InChI=1S/C25H24N2O4/c28-23-8-6-20-15-22(23)25(29)27-10-2-12-30-18-4-1-3-17(14-18)24-21-7-5-19(31-20)13-16(21)9-11-26-24/h1,3-8,13-15,24,26,28H,2,9-12H2,(H,27,29)/t24-/m0/s1. The average molecular weight is 416 g/mol. The molecule has 0 saturated carbocycles. The number of carbonyl (C=O) groups is 1. The lowest BCUT2D eigenvalue weighted by molar-refractivity contribution is 0.0948. The number of hydrogen-bond donors (Lipinski definition) is 3. The first-order valence-corrected chi connectivity index (χ1v) is 10.6. The minimum Gasteiger partial charge on any atom is -0.507 e. The molecule has 0 aromatic heterocycles. The third-order valence-corrected chi connectivity index (χ3v) is 5.68. The number of carbonyl (C=O) groups excluding carboxylic acids is 1. The normalized spacial score (nSPS) is 18.2. The fraction of sp³-hybridized carbons (Fsp3) is 0.240. The molecule has 1 atom stereocenters. The second-order valence-corrected chi connectivity index (χ2v) is 7.81. The van der Waals surface area contributed by atoms with E-state index in [2.05, 4.69) is 34.9 Å². The quantitative estimate of drug-likeness (QED) is 0.517. The van der Waals surface area contributed by atoms with Crippen molar-refractivity contribution in [3.63, 3.8) is 0 Å². The molecule has 3 aromatic rings. The van der Waals surface area contributed by atoms with E-state index in [9.17, 15) is 9.90 Å². The molecule has 0 saturated heterocycles. The van der Waals surface area contributed by atoms with E-state index < -0.39 is 0 Å². The summed E-state index contributed by atoms with van der Waals surface area (Å²) in [5, 5.41) is 16.6. The van der Waals surface area contributed by atoms with Crippen LogP contribution in [0.2, 0.25) is 0 Å². The Morgan fingerprint density at radius 2 is 1.81 bits per heavy atom. The summed E-state index contributed by atoms with van der Waals surface area (Å²) in [6, 6.07) is 19.0. The molecule has 0 radical (unpaired) electrons. The minimum atomic E-state index is -0.342. The van der Waals surface area contributed by atoms with Crippen LogP contribution in [-0.4, -0.2) is 30.7 Å². The molecule has 3 heterocycles. The van der Waals surface area contributed by atoms with Crippen molar-refractivity contribution in [1.82, 2.24) is 10.6 Å².